The molecular formula is C18H33NO2. The molecule has 2 saturated carbocycles. The predicted octanol–water partition coefficient (Wildman–Crippen LogP) is 4.06. The highest BCUT2D eigenvalue weighted by Crippen LogP contribution is 2.45. The molecule has 0 saturated heterocycles. The molecule has 0 aromatic heterocycles. The van der Waals surface area contributed by atoms with Crippen LogP contribution in [-0.4, -0.2) is 24.2 Å². The first-order valence-electron chi connectivity index (χ1n) is 8.84. The Hall–Kier alpha value is -0.570. The van der Waals surface area contributed by atoms with E-state index in [9.17, 15) is 4.79 Å². The van der Waals surface area contributed by atoms with Crippen molar-refractivity contribution in [2.45, 2.75) is 90.6 Å². The summed E-state index contributed by atoms with van der Waals surface area (Å²) >= 11 is 0. The monoisotopic (exact) mass is 295 g/mol. The lowest BCUT2D eigenvalue weighted by atomic mass is 9.63. The molecule has 0 amide bonds. The van der Waals surface area contributed by atoms with Gasteiger partial charge in [0.2, 0.25) is 0 Å². The van der Waals surface area contributed by atoms with E-state index in [1.807, 2.05) is 6.92 Å². The molecule has 0 spiro atoms. The Labute approximate surface area is 130 Å². The maximum Gasteiger partial charge on any atom is 0.326 e. The average Bonchev–Trinajstić information content (AvgIpc) is 2.43. The van der Waals surface area contributed by atoms with Crippen LogP contribution in [0.25, 0.3) is 0 Å². The van der Waals surface area contributed by atoms with E-state index in [2.05, 4.69) is 26.1 Å². The van der Waals surface area contributed by atoms with Gasteiger partial charge in [-0.15, -0.1) is 0 Å². The largest absolute Gasteiger partial charge is 0.465 e. The maximum atomic E-state index is 12.7. The number of hydrogen-bond acceptors (Lipinski definition) is 3. The topological polar surface area (TPSA) is 38.3 Å². The van der Waals surface area contributed by atoms with E-state index in [1.165, 1.54) is 32.1 Å². The molecule has 0 aromatic rings. The fourth-order valence-corrected chi connectivity index (χ4v) is 4.33. The third kappa shape index (κ3) is 3.80. The molecule has 0 radical (unpaired) electrons. The number of ether oxygens (including phenoxy) is 1. The van der Waals surface area contributed by atoms with Gasteiger partial charge in [-0.05, 0) is 50.4 Å². The number of esters is 1. The van der Waals surface area contributed by atoms with Gasteiger partial charge in [0.1, 0.15) is 5.54 Å². The molecule has 2 atom stereocenters. The number of rotatable bonds is 4. The summed E-state index contributed by atoms with van der Waals surface area (Å²) in [5.41, 5.74) is -0.114. The van der Waals surface area contributed by atoms with Gasteiger partial charge in [0, 0.05) is 6.04 Å². The molecular weight excluding hydrogens is 262 g/mol. The second kappa shape index (κ2) is 6.68. The Morgan fingerprint density at radius 3 is 2.43 bits per heavy atom. The van der Waals surface area contributed by atoms with Crippen molar-refractivity contribution in [1.29, 1.82) is 0 Å². The Bertz CT molecular complexity index is 360. The highest BCUT2D eigenvalue weighted by atomic mass is 16.5. The summed E-state index contributed by atoms with van der Waals surface area (Å²) in [6.07, 6.45) is 9.42. The first-order chi connectivity index (χ1) is 9.89. The van der Waals surface area contributed by atoms with Crippen molar-refractivity contribution in [2.75, 3.05) is 6.61 Å². The molecule has 2 unspecified atom stereocenters. The maximum absolute atomic E-state index is 12.7. The summed E-state index contributed by atoms with van der Waals surface area (Å²) in [6, 6.07) is 0.492. The lowest BCUT2D eigenvalue weighted by Gasteiger charge is -2.48. The van der Waals surface area contributed by atoms with Crippen LogP contribution in [0.2, 0.25) is 0 Å². The van der Waals surface area contributed by atoms with Crippen LogP contribution >= 0.6 is 0 Å². The first-order valence-corrected chi connectivity index (χ1v) is 8.84. The molecule has 2 aliphatic rings. The van der Waals surface area contributed by atoms with Crippen molar-refractivity contribution < 1.29 is 9.53 Å². The van der Waals surface area contributed by atoms with E-state index < -0.39 is 5.54 Å². The molecule has 0 aromatic carbocycles. The summed E-state index contributed by atoms with van der Waals surface area (Å²) in [5, 5.41) is 3.77. The van der Waals surface area contributed by atoms with Gasteiger partial charge in [-0.25, -0.2) is 0 Å². The molecule has 2 fully saturated rings. The van der Waals surface area contributed by atoms with Gasteiger partial charge >= 0.3 is 5.97 Å². The van der Waals surface area contributed by atoms with Crippen molar-refractivity contribution in [1.82, 2.24) is 5.32 Å². The van der Waals surface area contributed by atoms with Gasteiger partial charge in [0.15, 0.2) is 0 Å². The number of carbonyl (C=O) groups excluding carboxylic acids is 1. The van der Waals surface area contributed by atoms with E-state index in [-0.39, 0.29) is 5.97 Å². The second-order valence-electron chi connectivity index (χ2n) is 7.94. The van der Waals surface area contributed by atoms with Crippen LogP contribution in [-0.2, 0) is 9.53 Å². The minimum absolute atomic E-state index is 0.0152. The number of nitrogens with one attached hydrogen (secondary N) is 1. The molecule has 3 heteroatoms. The third-order valence-electron chi connectivity index (χ3n) is 5.60. The average molecular weight is 295 g/mol. The zero-order valence-corrected chi connectivity index (χ0v) is 14.3. The summed E-state index contributed by atoms with van der Waals surface area (Å²) in [6.45, 7) is 9.25. The van der Waals surface area contributed by atoms with Gasteiger partial charge in [-0.3, -0.25) is 10.1 Å². The highest BCUT2D eigenvalue weighted by Gasteiger charge is 2.50. The van der Waals surface area contributed by atoms with Gasteiger partial charge in [-0.2, -0.15) is 0 Å². The smallest absolute Gasteiger partial charge is 0.326 e. The van der Waals surface area contributed by atoms with E-state index in [0.29, 0.717) is 24.0 Å². The normalized spacial score (nSPS) is 33.6. The van der Waals surface area contributed by atoms with Crippen molar-refractivity contribution in [3.63, 3.8) is 0 Å². The van der Waals surface area contributed by atoms with Crippen molar-refractivity contribution in [3.05, 3.63) is 0 Å². The molecule has 122 valence electrons. The van der Waals surface area contributed by atoms with E-state index >= 15 is 0 Å². The fourth-order valence-electron chi connectivity index (χ4n) is 4.33. The summed E-state index contributed by atoms with van der Waals surface area (Å²) < 4.78 is 5.46. The Morgan fingerprint density at radius 1 is 1.19 bits per heavy atom. The molecule has 3 nitrogen and oxygen atoms in total. The highest BCUT2D eigenvalue weighted by molar-refractivity contribution is 5.81. The zero-order chi connectivity index (χ0) is 15.5. The van der Waals surface area contributed by atoms with Crippen LogP contribution in [0, 0.1) is 11.3 Å². The number of carbonyl (C=O) groups is 1. The Morgan fingerprint density at radius 2 is 1.86 bits per heavy atom. The quantitative estimate of drug-likeness (QED) is 0.795. The van der Waals surface area contributed by atoms with Crippen LogP contribution in [0.15, 0.2) is 0 Å². The van der Waals surface area contributed by atoms with Gasteiger partial charge in [-0.1, -0.05) is 40.0 Å². The molecule has 2 rings (SSSR count). The standard InChI is InChI=1S/C18H33NO2/c1-5-21-16(20)18(19-15-9-7-6-8-10-15)12-11-17(3,4)13-14(18)2/h14-15,19H,5-13H2,1-4H3. The summed E-state index contributed by atoms with van der Waals surface area (Å²) in [7, 11) is 0. The minimum atomic E-state index is -0.451. The minimum Gasteiger partial charge on any atom is -0.465 e. The molecule has 0 bridgehead atoms. The van der Waals surface area contributed by atoms with E-state index in [1.54, 1.807) is 0 Å². The molecule has 21 heavy (non-hydrogen) atoms. The van der Waals surface area contributed by atoms with Crippen molar-refractivity contribution >= 4 is 5.97 Å². The van der Waals surface area contributed by atoms with Gasteiger partial charge < -0.3 is 4.74 Å². The SMILES string of the molecule is CCOC(=O)C1(NC2CCCCC2)CCC(C)(C)CC1C. The van der Waals surface area contributed by atoms with Gasteiger partial charge in [0.05, 0.1) is 6.61 Å². The number of hydrogen-bond donors (Lipinski definition) is 1. The Kier molecular flexibility index (Phi) is 5.34. The van der Waals surface area contributed by atoms with Crippen molar-refractivity contribution in [2.24, 2.45) is 11.3 Å². The van der Waals surface area contributed by atoms with Crippen LogP contribution in [0.4, 0.5) is 0 Å². The molecule has 0 aliphatic heterocycles. The van der Waals surface area contributed by atoms with E-state index in [0.717, 1.165) is 19.3 Å². The molecule has 2 aliphatic carbocycles. The van der Waals surface area contributed by atoms with Crippen LogP contribution in [0.1, 0.15) is 79.1 Å². The molecule has 0 heterocycles. The zero-order valence-electron chi connectivity index (χ0n) is 14.3. The summed E-state index contributed by atoms with van der Waals surface area (Å²) in [4.78, 5) is 12.7. The van der Waals surface area contributed by atoms with E-state index in [4.69, 9.17) is 4.74 Å². The lowest BCUT2D eigenvalue weighted by molar-refractivity contribution is -0.157. The fraction of sp³-hybridized carbons (Fsp3) is 0.944. The Balaban J connectivity index is 2.16. The first kappa shape index (κ1) is 16.8. The second-order valence-corrected chi connectivity index (χ2v) is 7.94. The van der Waals surface area contributed by atoms with Crippen LogP contribution < -0.4 is 5.32 Å². The van der Waals surface area contributed by atoms with Crippen LogP contribution in [0.3, 0.4) is 0 Å². The summed E-state index contributed by atoms with van der Waals surface area (Å²) in [5.74, 6) is 0.320. The third-order valence-corrected chi connectivity index (χ3v) is 5.60. The van der Waals surface area contributed by atoms with Crippen LogP contribution in [0.5, 0.6) is 0 Å². The molecule has 1 N–H and O–H groups in total. The lowest BCUT2D eigenvalue weighted by Crippen LogP contribution is -2.63. The van der Waals surface area contributed by atoms with Crippen molar-refractivity contribution in [3.8, 4) is 0 Å². The van der Waals surface area contributed by atoms with Gasteiger partial charge in [0.25, 0.3) is 0 Å². The predicted molar refractivity (Wildman–Crippen MR) is 86.2 cm³/mol.